The lowest BCUT2D eigenvalue weighted by Crippen LogP contribution is -2.13. The van der Waals surface area contributed by atoms with E-state index in [9.17, 15) is 0 Å². The summed E-state index contributed by atoms with van der Waals surface area (Å²) in [6.45, 7) is 1.56. The molecule has 3 heterocycles. The lowest BCUT2D eigenvalue weighted by molar-refractivity contribution is 0.685. The van der Waals surface area contributed by atoms with Gasteiger partial charge in [-0.15, -0.1) is 0 Å². The van der Waals surface area contributed by atoms with E-state index in [1.54, 1.807) is 16.9 Å². The minimum absolute atomic E-state index is 0.754. The monoisotopic (exact) mass is 304 g/mol. The van der Waals surface area contributed by atoms with Gasteiger partial charge in [0.15, 0.2) is 5.65 Å². The highest BCUT2D eigenvalue weighted by atomic mass is 15.3. The number of fused-ring (bicyclic) bond motifs is 1. The molecule has 0 saturated carbocycles. The smallest absolute Gasteiger partial charge is 0.154 e. The molecule has 6 nitrogen and oxygen atoms in total. The third-order valence-corrected chi connectivity index (χ3v) is 3.66. The third kappa shape index (κ3) is 2.97. The summed E-state index contributed by atoms with van der Waals surface area (Å²) in [4.78, 5) is 4.36. The standard InChI is InChI=1S/C17H16N6/c1-7-20-22(9-1)16-4-2-14(3-5-16)10-18-11-15-12-19-17-6-8-21-23(17)13-15/h1-9,12-13,18H,10-11H2. The fourth-order valence-electron chi connectivity index (χ4n) is 2.48. The number of nitrogens with one attached hydrogen (secondary N) is 1. The molecule has 114 valence electrons. The van der Waals surface area contributed by atoms with E-state index >= 15 is 0 Å². The van der Waals surface area contributed by atoms with Crippen LogP contribution in [-0.2, 0) is 13.1 Å². The van der Waals surface area contributed by atoms with Crippen molar-refractivity contribution in [3.05, 3.63) is 78.5 Å². The fraction of sp³-hybridized carbons (Fsp3) is 0.118. The molecule has 3 aromatic heterocycles. The summed E-state index contributed by atoms with van der Waals surface area (Å²) >= 11 is 0. The number of hydrogen-bond acceptors (Lipinski definition) is 4. The normalized spacial score (nSPS) is 11.1. The van der Waals surface area contributed by atoms with Crippen molar-refractivity contribution in [1.82, 2.24) is 29.7 Å². The van der Waals surface area contributed by atoms with Gasteiger partial charge in [0.25, 0.3) is 0 Å². The van der Waals surface area contributed by atoms with Gasteiger partial charge < -0.3 is 5.32 Å². The quantitative estimate of drug-likeness (QED) is 0.614. The zero-order valence-electron chi connectivity index (χ0n) is 12.5. The predicted molar refractivity (Wildman–Crippen MR) is 87.1 cm³/mol. The Labute approximate surface area is 133 Å². The molecule has 4 aromatic rings. The van der Waals surface area contributed by atoms with Gasteiger partial charge in [0, 0.05) is 49.5 Å². The molecule has 0 radical (unpaired) electrons. The van der Waals surface area contributed by atoms with Crippen molar-refractivity contribution in [3.63, 3.8) is 0 Å². The van der Waals surface area contributed by atoms with E-state index in [2.05, 4.69) is 44.8 Å². The average Bonchev–Trinajstić information content (AvgIpc) is 3.27. The van der Waals surface area contributed by atoms with Gasteiger partial charge in [-0.25, -0.2) is 14.2 Å². The SMILES string of the molecule is c1cnn(-c2ccc(CNCc3cnc4ccnn4c3)cc2)c1. The van der Waals surface area contributed by atoms with E-state index in [4.69, 9.17) is 0 Å². The first-order chi connectivity index (χ1) is 11.4. The molecule has 0 fully saturated rings. The Bertz CT molecular complexity index is 892. The predicted octanol–water partition coefficient (Wildman–Crippen LogP) is 2.20. The minimum atomic E-state index is 0.754. The number of rotatable bonds is 5. The van der Waals surface area contributed by atoms with Gasteiger partial charge in [-0.3, -0.25) is 0 Å². The van der Waals surface area contributed by atoms with Crippen LogP contribution in [0.3, 0.4) is 0 Å². The molecule has 0 unspecified atom stereocenters. The Morgan fingerprint density at radius 1 is 0.913 bits per heavy atom. The lowest BCUT2D eigenvalue weighted by Gasteiger charge is -2.07. The number of benzene rings is 1. The van der Waals surface area contributed by atoms with E-state index in [-0.39, 0.29) is 0 Å². The molecular weight excluding hydrogens is 288 g/mol. The Hall–Kier alpha value is -2.99. The molecule has 0 saturated heterocycles. The van der Waals surface area contributed by atoms with Gasteiger partial charge in [-0.1, -0.05) is 12.1 Å². The summed E-state index contributed by atoms with van der Waals surface area (Å²) in [6, 6.07) is 12.2. The van der Waals surface area contributed by atoms with Gasteiger partial charge in [-0.05, 0) is 23.8 Å². The van der Waals surface area contributed by atoms with Crippen molar-refractivity contribution in [2.75, 3.05) is 0 Å². The highest BCUT2D eigenvalue weighted by Crippen LogP contribution is 2.09. The summed E-state index contributed by atoms with van der Waals surface area (Å²) in [5.74, 6) is 0. The zero-order chi connectivity index (χ0) is 15.5. The Morgan fingerprint density at radius 2 is 1.78 bits per heavy atom. The van der Waals surface area contributed by atoms with E-state index in [1.807, 2.05) is 35.4 Å². The molecule has 0 aliphatic carbocycles. The largest absolute Gasteiger partial charge is 0.309 e. The maximum Gasteiger partial charge on any atom is 0.154 e. The number of aromatic nitrogens is 5. The fourth-order valence-corrected chi connectivity index (χ4v) is 2.48. The maximum absolute atomic E-state index is 4.36. The van der Waals surface area contributed by atoms with Crippen LogP contribution >= 0.6 is 0 Å². The third-order valence-electron chi connectivity index (χ3n) is 3.66. The summed E-state index contributed by atoms with van der Waals surface area (Å²) in [5.41, 5.74) is 4.26. The first kappa shape index (κ1) is 13.7. The summed E-state index contributed by atoms with van der Waals surface area (Å²) < 4.78 is 3.64. The van der Waals surface area contributed by atoms with E-state index in [0.717, 1.165) is 30.0 Å². The van der Waals surface area contributed by atoms with Crippen molar-refractivity contribution in [2.24, 2.45) is 0 Å². The van der Waals surface area contributed by atoms with Gasteiger partial charge >= 0.3 is 0 Å². The Morgan fingerprint density at radius 3 is 2.61 bits per heavy atom. The van der Waals surface area contributed by atoms with E-state index < -0.39 is 0 Å². The van der Waals surface area contributed by atoms with Gasteiger partial charge in [0.2, 0.25) is 0 Å². The highest BCUT2D eigenvalue weighted by molar-refractivity contribution is 5.36. The van der Waals surface area contributed by atoms with Crippen molar-refractivity contribution < 1.29 is 0 Å². The molecule has 23 heavy (non-hydrogen) atoms. The minimum Gasteiger partial charge on any atom is -0.309 e. The van der Waals surface area contributed by atoms with E-state index in [1.165, 1.54) is 5.56 Å². The second kappa shape index (κ2) is 6.02. The first-order valence-corrected chi connectivity index (χ1v) is 7.46. The second-order valence-corrected chi connectivity index (χ2v) is 5.32. The average molecular weight is 304 g/mol. The molecule has 0 bridgehead atoms. The second-order valence-electron chi connectivity index (χ2n) is 5.32. The molecule has 6 heteroatoms. The Kier molecular flexibility index (Phi) is 3.57. The molecule has 0 amide bonds. The Balaban J connectivity index is 1.37. The molecule has 1 aromatic carbocycles. The zero-order valence-corrected chi connectivity index (χ0v) is 12.5. The van der Waals surface area contributed by atoms with E-state index in [0.29, 0.717) is 0 Å². The summed E-state index contributed by atoms with van der Waals surface area (Å²) in [5, 5.41) is 11.8. The lowest BCUT2D eigenvalue weighted by atomic mass is 10.2. The highest BCUT2D eigenvalue weighted by Gasteiger charge is 2.00. The van der Waals surface area contributed by atoms with Gasteiger partial charge in [0.1, 0.15) is 0 Å². The number of hydrogen-bond donors (Lipinski definition) is 1. The molecule has 1 N–H and O–H groups in total. The molecule has 0 atom stereocenters. The van der Waals surface area contributed by atoms with Crippen LogP contribution in [0.1, 0.15) is 11.1 Å². The topological polar surface area (TPSA) is 60.0 Å². The van der Waals surface area contributed by atoms with Gasteiger partial charge in [0.05, 0.1) is 11.9 Å². The van der Waals surface area contributed by atoms with Crippen LogP contribution < -0.4 is 5.32 Å². The first-order valence-electron chi connectivity index (χ1n) is 7.46. The maximum atomic E-state index is 4.36. The van der Waals surface area contributed by atoms with Crippen molar-refractivity contribution in [2.45, 2.75) is 13.1 Å². The van der Waals surface area contributed by atoms with Crippen LogP contribution in [-0.4, -0.2) is 24.4 Å². The summed E-state index contributed by atoms with van der Waals surface area (Å²) in [7, 11) is 0. The summed E-state index contributed by atoms with van der Waals surface area (Å²) in [6.07, 6.45) is 9.34. The molecule has 0 aliphatic rings. The molecule has 4 rings (SSSR count). The van der Waals surface area contributed by atoms with Crippen LogP contribution in [0.15, 0.2) is 67.4 Å². The van der Waals surface area contributed by atoms with Crippen LogP contribution in [0.4, 0.5) is 0 Å². The van der Waals surface area contributed by atoms with Crippen molar-refractivity contribution >= 4 is 5.65 Å². The molecule has 0 spiro atoms. The van der Waals surface area contributed by atoms with Gasteiger partial charge in [-0.2, -0.15) is 10.2 Å². The van der Waals surface area contributed by atoms with Crippen LogP contribution in [0.5, 0.6) is 0 Å². The van der Waals surface area contributed by atoms with Crippen LogP contribution in [0.2, 0.25) is 0 Å². The van der Waals surface area contributed by atoms with Crippen molar-refractivity contribution in [1.29, 1.82) is 0 Å². The van der Waals surface area contributed by atoms with Crippen LogP contribution in [0.25, 0.3) is 11.3 Å². The molecular formula is C17H16N6. The molecule has 0 aliphatic heterocycles. The van der Waals surface area contributed by atoms with Crippen LogP contribution in [0, 0.1) is 0 Å². The van der Waals surface area contributed by atoms with Crippen molar-refractivity contribution in [3.8, 4) is 5.69 Å². The number of nitrogens with zero attached hydrogens (tertiary/aromatic N) is 5.